The molecule has 0 unspecified atom stereocenters. The van der Waals surface area contributed by atoms with Crippen LogP contribution in [0.25, 0.3) is 0 Å². The molecule has 0 aromatic rings. The zero-order valence-electron chi connectivity index (χ0n) is 11.4. The summed E-state index contributed by atoms with van der Waals surface area (Å²) >= 11 is 0. The van der Waals surface area contributed by atoms with E-state index in [4.69, 9.17) is 4.74 Å². The van der Waals surface area contributed by atoms with Gasteiger partial charge in [-0.1, -0.05) is 13.5 Å². The van der Waals surface area contributed by atoms with E-state index in [0.29, 0.717) is 18.4 Å². The van der Waals surface area contributed by atoms with Crippen LogP contribution < -0.4 is 0 Å². The first-order valence-electron chi connectivity index (χ1n) is 6.98. The number of carbonyl (C=O) groups excluding carboxylic acids is 2. The lowest BCUT2D eigenvalue weighted by atomic mass is 9.68. The molecule has 1 heterocycles. The Morgan fingerprint density at radius 3 is 2.79 bits per heavy atom. The number of rotatable bonds is 0. The summed E-state index contributed by atoms with van der Waals surface area (Å²) in [7, 11) is 0. The number of ketones is 1. The zero-order valence-corrected chi connectivity index (χ0v) is 11.4. The Morgan fingerprint density at radius 2 is 2.11 bits per heavy atom. The minimum absolute atomic E-state index is 0.115. The number of fused-ring (bicyclic) bond motifs is 2. The molecule has 19 heavy (non-hydrogen) atoms. The number of hydrogen-bond acceptors (Lipinski definition) is 4. The van der Waals surface area contributed by atoms with Gasteiger partial charge in [-0.3, -0.25) is 4.79 Å². The van der Waals surface area contributed by atoms with E-state index >= 15 is 0 Å². The predicted molar refractivity (Wildman–Crippen MR) is 68.1 cm³/mol. The van der Waals surface area contributed by atoms with Gasteiger partial charge in [-0.15, -0.1) is 0 Å². The summed E-state index contributed by atoms with van der Waals surface area (Å²) in [6.45, 7) is 7.70. The molecular weight excluding hydrogens is 244 g/mol. The van der Waals surface area contributed by atoms with Crippen LogP contribution in [0.5, 0.6) is 0 Å². The molecule has 4 heteroatoms. The molecule has 3 aliphatic rings. The SMILES string of the molecule is C=C1C(=O)O[C@H]2C[C@H](C)[C@@H]3CCC(=O)[C@@]3(C)[C@H](O)[C@H]12. The molecule has 0 amide bonds. The fourth-order valence-corrected chi connectivity index (χ4v) is 4.46. The summed E-state index contributed by atoms with van der Waals surface area (Å²) < 4.78 is 5.33. The van der Waals surface area contributed by atoms with Crippen molar-refractivity contribution < 1.29 is 19.4 Å². The third-order valence-electron chi connectivity index (χ3n) is 5.62. The van der Waals surface area contributed by atoms with E-state index in [2.05, 4.69) is 13.5 Å². The van der Waals surface area contributed by atoms with E-state index in [9.17, 15) is 14.7 Å². The molecule has 1 N–H and O–H groups in total. The fraction of sp³-hybridized carbons (Fsp3) is 0.733. The smallest absolute Gasteiger partial charge is 0.334 e. The average molecular weight is 264 g/mol. The van der Waals surface area contributed by atoms with Gasteiger partial charge in [0.2, 0.25) is 0 Å². The Kier molecular flexibility index (Phi) is 2.65. The van der Waals surface area contributed by atoms with Crippen molar-refractivity contribution in [3.63, 3.8) is 0 Å². The van der Waals surface area contributed by atoms with Crippen LogP contribution in [0.1, 0.15) is 33.1 Å². The Balaban J connectivity index is 2.07. The van der Waals surface area contributed by atoms with Crippen molar-refractivity contribution >= 4 is 11.8 Å². The molecular formula is C15H20O4. The van der Waals surface area contributed by atoms with E-state index in [1.807, 2.05) is 6.92 Å². The molecule has 0 spiro atoms. The highest BCUT2D eigenvalue weighted by molar-refractivity contribution is 5.92. The van der Waals surface area contributed by atoms with Gasteiger partial charge in [0, 0.05) is 12.0 Å². The lowest BCUT2D eigenvalue weighted by Gasteiger charge is -2.37. The molecule has 2 saturated carbocycles. The van der Waals surface area contributed by atoms with Crippen molar-refractivity contribution in [2.24, 2.45) is 23.2 Å². The monoisotopic (exact) mass is 264 g/mol. The largest absolute Gasteiger partial charge is 0.458 e. The second-order valence-corrected chi connectivity index (χ2v) is 6.50. The van der Waals surface area contributed by atoms with Crippen molar-refractivity contribution in [1.29, 1.82) is 0 Å². The standard InChI is InChI=1S/C15H20O4/c1-7-6-10-12(8(2)14(18)19-10)13(17)15(3)9(7)4-5-11(15)16/h7,9-10,12-13,17H,2,4-6H2,1,3H3/t7-,9-,10-,12+,13+,15-/m0/s1. The van der Waals surface area contributed by atoms with Crippen molar-refractivity contribution in [3.05, 3.63) is 12.2 Å². The molecule has 104 valence electrons. The molecule has 3 rings (SSSR count). The van der Waals surface area contributed by atoms with Crippen LogP contribution in [-0.4, -0.2) is 29.1 Å². The number of aliphatic hydroxyl groups is 1. The average Bonchev–Trinajstić information content (AvgIpc) is 2.77. The van der Waals surface area contributed by atoms with Gasteiger partial charge >= 0.3 is 5.97 Å². The number of esters is 1. The molecule has 6 atom stereocenters. The van der Waals surface area contributed by atoms with Crippen molar-refractivity contribution in [2.75, 3.05) is 0 Å². The Morgan fingerprint density at radius 1 is 1.42 bits per heavy atom. The summed E-state index contributed by atoms with van der Waals surface area (Å²) in [5, 5.41) is 10.8. The number of carbonyl (C=O) groups is 2. The van der Waals surface area contributed by atoms with Crippen molar-refractivity contribution in [3.8, 4) is 0 Å². The maximum Gasteiger partial charge on any atom is 0.334 e. The fourth-order valence-electron chi connectivity index (χ4n) is 4.46. The molecule has 1 aliphatic heterocycles. The summed E-state index contributed by atoms with van der Waals surface area (Å²) in [5.74, 6) is -0.294. The minimum Gasteiger partial charge on any atom is -0.458 e. The Bertz CT molecular complexity index is 469. The number of aliphatic hydroxyl groups excluding tert-OH is 1. The van der Waals surface area contributed by atoms with Gasteiger partial charge in [-0.05, 0) is 31.6 Å². The predicted octanol–water partition coefficient (Wildman–Crippen LogP) is 1.47. The highest BCUT2D eigenvalue weighted by Gasteiger charge is 2.61. The first kappa shape index (κ1) is 12.9. The van der Waals surface area contributed by atoms with Crippen LogP contribution in [0.3, 0.4) is 0 Å². The van der Waals surface area contributed by atoms with Crippen LogP contribution >= 0.6 is 0 Å². The van der Waals surface area contributed by atoms with Crippen LogP contribution in [0, 0.1) is 23.2 Å². The maximum absolute atomic E-state index is 12.3. The lowest BCUT2D eigenvalue weighted by molar-refractivity contribution is -0.140. The number of ether oxygens (including phenoxy) is 1. The highest BCUT2D eigenvalue weighted by atomic mass is 16.6. The second kappa shape index (κ2) is 3.92. The van der Waals surface area contributed by atoms with Crippen LogP contribution in [-0.2, 0) is 14.3 Å². The van der Waals surface area contributed by atoms with Crippen LogP contribution in [0.4, 0.5) is 0 Å². The first-order chi connectivity index (χ1) is 8.87. The van der Waals surface area contributed by atoms with Crippen LogP contribution in [0.2, 0.25) is 0 Å². The Hall–Kier alpha value is -1.16. The van der Waals surface area contributed by atoms with Crippen LogP contribution in [0.15, 0.2) is 12.2 Å². The molecule has 2 aliphatic carbocycles. The van der Waals surface area contributed by atoms with Gasteiger partial charge in [-0.25, -0.2) is 4.79 Å². The third-order valence-corrected chi connectivity index (χ3v) is 5.62. The van der Waals surface area contributed by atoms with Gasteiger partial charge < -0.3 is 9.84 Å². The zero-order chi connectivity index (χ0) is 13.9. The van der Waals surface area contributed by atoms with Gasteiger partial charge in [0.25, 0.3) is 0 Å². The number of hydrogen-bond donors (Lipinski definition) is 1. The third kappa shape index (κ3) is 1.49. The molecule has 0 radical (unpaired) electrons. The topological polar surface area (TPSA) is 63.6 Å². The van der Waals surface area contributed by atoms with Crippen molar-refractivity contribution in [1.82, 2.24) is 0 Å². The molecule has 0 aromatic carbocycles. The van der Waals surface area contributed by atoms with E-state index in [1.54, 1.807) is 0 Å². The first-order valence-corrected chi connectivity index (χ1v) is 6.98. The van der Waals surface area contributed by atoms with Crippen molar-refractivity contribution in [2.45, 2.75) is 45.3 Å². The molecule has 4 nitrogen and oxygen atoms in total. The van der Waals surface area contributed by atoms with Gasteiger partial charge in [0.15, 0.2) is 0 Å². The van der Waals surface area contributed by atoms with E-state index < -0.39 is 23.4 Å². The summed E-state index contributed by atoms with van der Waals surface area (Å²) in [6.07, 6.45) is 0.885. The molecule has 3 fully saturated rings. The maximum atomic E-state index is 12.3. The summed E-state index contributed by atoms with van der Waals surface area (Å²) in [5.41, 5.74) is -0.429. The highest BCUT2D eigenvalue weighted by Crippen LogP contribution is 2.55. The number of Topliss-reactive ketones (excluding diaryl/α,β-unsaturated/α-hetero) is 1. The molecule has 0 aromatic heterocycles. The Labute approximate surface area is 112 Å². The van der Waals surface area contributed by atoms with E-state index in [-0.39, 0.29) is 23.7 Å². The second-order valence-electron chi connectivity index (χ2n) is 6.50. The minimum atomic E-state index is -0.860. The van der Waals surface area contributed by atoms with E-state index in [1.165, 1.54) is 0 Å². The van der Waals surface area contributed by atoms with Gasteiger partial charge in [0.05, 0.1) is 17.4 Å². The lowest BCUT2D eigenvalue weighted by Crippen LogP contribution is -2.46. The summed E-state index contributed by atoms with van der Waals surface area (Å²) in [6, 6.07) is 0. The molecule has 1 saturated heterocycles. The quantitative estimate of drug-likeness (QED) is 0.531. The van der Waals surface area contributed by atoms with Gasteiger partial charge in [0.1, 0.15) is 11.9 Å². The van der Waals surface area contributed by atoms with E-state index in [0.717, 1.165) is 6.42 Å². The molecule has 0 bridgehead atoms. The van der Waals surface area contributed by atoms with Gasteiger partial charge in [-0.2, -0.15) is 0 Å². The normalized spacial score (nSPS) is 49.6. The summed E-state index contributed by atoms with van der Waals surface area (Å²) in [4.78, 5) is 24.0.